The summed E-state index contributed by atoms with van der Waals surface area (Å²) in [6.45, 7) is 4.80. The van der Waals surface area contributed by atoms with Crippen LogP contribution >= 0.6 is 0 Å². The number of rotatable bonds is 4. The summed E-state index contributed by atoms with van der Waals surface area (Å²) in [6.07, 6.45) is 6.73. The van der Waals surface area contributed by atoms with Gasteiger partial charge in [-0.1, -0.05) is 12.8 Å². The van der Waals surface area contributed by atoms with E-state index in [4.69, 9.17) is 4.74 Å². The van der Waals surface area contributed by atoms with Crippen molar-refractivity contribution >= 4 is 27.5 Å². The molecule has 0 aromatic heterocycles. The van der Waals surface area contributed by atoms with Crippen molar-refractivity contribution in [2.24, 2.45) is 0 Å². The van der Waals surface area contributed by atoms with Gasteiger partial charge in [0.15, 0.2) is 6.61 Å². The fourth-order valence-corrected chi connectivity index (χ4v) is 6.61. The minimum atomic E-state index is -3.68. The van der Waals surface area contributed by atoms with Gasteiger partial charge in [-0.05, 0) is 64.2 Å². The Morgan fingerprint density at radius 1 is 1.03 bits per heavy atom. The van der Waals surface area contributed by atoms with E-state index < -0.39 is 10.0 Å². The van der Waals surface area contributed by atoms with Gasteiger partial charge in [-0.3, -0.25) is 14.5 Å². The highest BCUT2D eigenvalue weighted by molar-refractivity contribution is 7.89. The molecule has 9 heteroatoms. The molecule has 32 heavy (non-hydrogen) atoms. The molecule has 2 amide bonds. The van der Waals surface area contributed by atoms with Crippen LogP contribution in [-0.2, 0) is 19.6 Å². The number of fused-ring (bicyclic) bond motifs is 1. The molecule has 0 spiro atoms. The van der Waals surface area contributed by atoms with Crippen LogP contribution in [0.5, 0.6) is 5.75 Å². The van der Waals surface area contributed by atoms with E-state index in [0.29, 0.717) is 24.5 Å². The molecule has 2 fully saturated rings. The molecule has 0 saturated carbocycles. The van der Waals surface area contributed by atoms with Gasteiger partial charge in [0.25, 0.3) is 5.91 Å². The first-order chi connectivity index (χ1) is 15.3. The van der Waals surface area contributed by atoms with Crippen molar-refractivity contribution < 1.29 is 22.7 Å². The van der Waals surface area contributed by atoms with Crippen molar-refractivity contribution in [1.29, 1.82) is 0 Å². The number of hydrogen-bond donors (Lipinski definition) is 0. The predicted molar refractivity (Wildman–Crippen MR) is 121 cm³/mol. The minimum absolute atomic E-state index is 0.114. The minimum Gasteiger partial charge on any atom is -0.482 e. The lowest BCUT2D eigenvalue weighted by Gasteiger charge is -2.40. The van der Waals surface area contributed by atoms with Crippen molar-refractivity contribution in [3.05, 3.63) is 18.2 Å². The lowest BCUT2D eigenvalue weighted by molar-refractivity contribution is -0.137. The Morgan fingerprint density at radius 3 is 2.34 bits per heavy atom. The first-order valence-corrected chi connectivity index (χ1v) is 13.1. The second kappa shape index (κ2) is 9.39. The highest BCUT2D eigenvalue weighted by Crippen LogP contribution is 2.35. The molecule has 3 heterocycles. The van der Waals surface area contributed by atoms with E-state index in [2.05, 4.69) is 0 Å². The summed E-state index contributed by atoms with van der Waals surface area (Å²) in [6, 6.07) is 4.86. The average Bonchev–Trinajstić information content (AvgIpc) is 3.05. The van der Waals surface area contributed by atoms with Crippen molar-refractivity contribution in [3.63, 3.8) is 0 Å². The molecule has 8 nitrogen and oxygen atoms in total. The van der Waals surface area contributed by atoms with Gasteiger partial charge >= 0.3 is 0 Å². The third kappa shape index (κ3) is 4.50. The van der Waals surface area contributed by atoms with Crippen LogP contribution in [-0.4, -0.2) is 67.8 Å². The molecule has 176 valence electrons. The Labute approximate surface area is 190 Å². The van der Waals surface area contributed by atoms with E-state index in [0.717, 1.165) is 44.9 Å². The zero-order chi connectivity index (χ0) is 22.9. The van der Waals surface area contributed by atoms with Crippen LogP contribution in [0.4, 0.5) is 5.69 Å². The van der Waals surface area contributed by atoms with Crippen LogP contribution in [0.3, 0.4) is 0 Å². The molecule has 4 rings (SSSR count). The van der Waals surface area contributed by atoms with Crippen LogP contribution in [0, 0.1) is 0 Å². The summed E-state index contributed by atoms with van der Waals surface area (Å²) in [5.41, 5.74) is 0.350. The number of piperidine rings is 1. The summed E-state index contributed by atoms with van der Waals surface area (Å²) in [5.74, 6) is -0.0360. The lowest BCUT2D eigenvalue weighted by Crippen LogP contribution is -2.53. The van der Waals surface area contributed by atoms with Crippen LogP contribution in [0.15, 0.2) is 23.1 Å². The van der Waals surface area contributed by atoms with E-state index in [-0.39, 0.29) is 41.9 Å². The monoisotopic (exact) mass is 463 g/mol. The van der Waals surface area contributed by atoms with E-state index >= 15 is 0 Å². The smallest absolute Gasteiger partial charge is 0.265 e. The number of carbonyl (C=O) groups is 2. The first-order valence-electron chi connectivity index (χ1n) is 11.7. The van der Waals surface area contributed by atoms with Gasteiger partial charge < -0.3 is 9.64 Å². The van der Waals surface area contributed by atoms with E-state index in [9.17, 15) is 18.0 Å². The number of benzene rings is 1. The maximum atomic E-state index is 13.3. The number of nitrogens with zero attached hydrogens (tertiary/aromatic N) is 3. The zero-order valence-corrected chi connectivity index (χ0v) is 19.8. The summed E-state index contributed by atoms with van der Waals surface area (Å²) in [7, 11) is -3.68. The number of amides is 2. The SMILES string of the molecule is C[C@@H]1CCC[C@H](C)N1C(=O)CN1C(=O)COc2ccc(S(=O)(=O)N3CCCCCC3)cc21. The summed E-state index contributed by atoms with van der Waals surface area (Å²) in [5, 5.41) is 0. The number of likely N-dealkylation sites (tertiary alicyclic amines) is 1. The van der Waals surface area contributed by atoms with Crippen molar-refractivity contribution in [1.82, 2.24) is 9.21 Å². The maximum absolute atomic E-state index is 13.3. The standard InChI is InChI=1S/C23H33N3O5S/c1-17-8-7-9-18(2)26(17)22(27)15-25-20-14-19(10-11-21(20)31-16-23(25)28)32(29,30)24-12-5-3-4-6-13-24/h10-11,14,17-18H,3-9,12-13,15-16H2,1-2H3/t17-,18+. The molecule has 0 bridgehead atoms. The number of anilines is 1. The zero-order valence-electron chi connectivity index (χ0n) is 19.0. The number of ether oxygens (including phenoxy) is 1. The Hall–Kier alpha value is -2.13. The third-order valence-electron chi connectivity index (χ3n) is 6.85. The van der Waals surface area contributed by atoms with Crippen molar-refractivity contribution in [3.8, 4) is 5.75 Å². The predicted octanol–water partition coefficient (Wildman–Crippen LogP) is 2.77. The Bertz CT molecular complexity index is 962. The summed E-state index contributed by atoms with van der Waals surface area (Å²) < 4.78 is 33.6. The molecule has 3 aliphatic rings. The van der Waals surface area contributed by atoms with Crippen LogP contribution in [0.25, 0.3) is 0 Å². The molecule has 0 unspecified atom stereocenters. The summed E-state index contributed by atoms with van der Waals surface area (Å²) in [4.78, 5) is 29.3. The van der Waals surface area contributed by atoms with Gasteiger partial charge in [-0.25, -0.2) is 8.42 Å². The molecule has 3 aliphatic heterocycles. The number of carbonyl (C=O) groups excluding carboxylic acids is 2. The molecular formula is C23H33N3O5S. The Balaban J connectivity index is 1.62. The van der Waals surface area contributed by atoms with Crippen molar-refractivity contribution in [2.75, 3.05) is 31.1 Å². The normalized spacial score (nSPS) is 25.1. The van der Waals surface area contributed by atoms with Gasteiger partial charge in [-0.15, -0.1) is 0 Å². The van der Waals surface area contributed by atoms with Crippen LogP contribution < -0.4 is 9.64 Å². The Morgan fingerprint density at radius 2 is 1.69 bits per heavy atom. The van der Waals surface area contributed by atoms with E-state index in [1.54, 1.807) is 6.07 Å². The Kier molecular flexibility index (Phi) is 6.76. The second-order valence-corrected chi connectivity index (χ2v) is 11.1. The third-order valence-corrected chi connectivity index (χ3v) is 8.75. The average molecular weight is 464 g/mol. The number of hydrogen-bond acceptors (Lipinski definition) is 5. The number of sulfonamides is 1. The fraction of sp³-hybridized carbons (Fsp3) is 0.652. The molecule has 0 aliphatic carbocycles. The quantitative estimate of drug-likeness (QED) is 0.685. The maximum Gasteiger partial charge on any atom is 0.265 e. The van der Waals surface area contributed by atoms with E-state index in [1.807, 2.05) is 18.7 Å². The van der Waals surface area contributed by atoms with Crippen LogP contribution in [0.2, 0.25) is 0 Å². The summed E-state index contributed by atoms with van der Waals surface area (Å²) >= 11 is 0. The largest absolute Gasteiger partial charge is 0.482 e. The molecule has 2 atom stereocenters. The molecule has 2 saturated heterocycles. The lowest BCUT2D eigenvalue weighted by atomic mass is 9.97. The molecule has 1 aromatic carbocycles. The topological polar surface area (TPSA) is 87.2 Å². The van der Waals surface area contributed by atoms with Gasteiger partial charge in [0.2, 0.25) is 15.9 Å². The van der Waals surface area contributed by atoms with Crippen LogP contribution in [0.1, 0.15) is 58.8 Å². The van der Waals surface area contributed by atoms with Gasteiger partial charge in [0, 0.05) is 25.2 Å². The van der Waals surface area contributed by atoms with E-state index in [1.165, 1.54) is 21.3 Å². The molecule has 0 radical (unpaired) electrons. The molecular weight excluding hydrogens is 430 g/mol. The highest BCUT2D eigenvalue weighted by Gasteiger charge is 2.35. The van der Waals surface area contributed by atoms with Gasteiger partial charge in [-0.2, -0.15) is 4.31 Å². The second-order valence-electron chi connectivity index (χ2n) is 9.15. The molecule has 1 aromatic rings. The highest BCUT2D eigenvalue weighted by atomic mass is 32.2. The molecule has 0 N–H and O–H groups in total. The fourth-order valence-electron chi connectivity index (χ4n) is 5.08. The van der Waals surface area contributed by atoms with Crippen molar-refractivity contribution in [2.45, 2.75) is 75.8 Å². The van der Waals surface area contributed by atoms with Gasteiger partial charge in [0.1, 0.15) is 12.3 Å². The van der Waals surface area contributed by atoms with Gasteiger partial charge in [0.05, 0.1) is 10.6 Å². The first kappa shape index (κ1) is 23.0.